The third-order valence-electron chi connectivity index (χ3n) is 17.8. The van der Waals surface area contributed by atoms with Gasteiger partial charge in [0.15, 0.2) is 12.2 Å². The molecule has 0 radical (unpaired) electrons. The Kier molecular flexibility index (Phi) is 67.7. The fourth-order valence-corrected chi connectivity index (χ4v) is 13.3. The highest BCUT2D eigenvalue weighted by atomic mass is 31.2. The van der Waals surface area contributed by atoms with Crippen LogP contribution in [0.3, 0.4) is 0 Å². The van der Waals surface area contributed by atoms with Crippen molar-refractivity contribution in [2.24, 2.45) is 5.92 Å². The van der Waals surface area contributed by atoms with Gasteiger partial charge in [0.2, 0.25) is 0 Å². The molecule has 19 heteroatoms. The molecule has 0 aromatic heterocycles. The lowest BCUT2D eigenvalue weighted by atomic mass is 10.0. The molecule has 0 aromatic carbocycles. The number of rotatable bonds is 76. The molecule has 0 saturated carbocycles. The van der Waals surface area contributed by atoms with Gasteiger partial charge in [-0.05, 0) is 31.6 Å². The number of aliphatic hydroxyl groups is 1. The Morgan fingerprint density at radius 1 is 0.284 bits per heavy atom. The summed E-state index contributed by atoms with van der Waals surface area (Å²) in [6.07, 6.45) is 58.7. The van der Waals surface area contributed by atoms with E-state index in [2.05, 4.69) is 34.6 Å². The molecule has 0 aromatic rings. The molecular formula is C76H148O17P2. The smallest absolute Gasteiger partial charge is 0.462 e. The highest BCUT2D eigenvalue weighted by Gasteiger charge is 2.30. The van der Waals surface area contributed by atoms with Crippen molar-refractivity contribution < 1.29 is 80.2 Å². The van der Waals surface area contributed by atoms with Gasteiger partial charge in [0, 0.05) is 25.7 Å². The van der Waals surface area contributed by atoms with Crippen LogP contribution in [0.1, 0.15) is 401 Å². The number of aliphatic hydroxyl groups excluding tert-OH is 1. The standard InChI is InChI=1S/C76H148O17P2/c1-6-9-12-15-17-19-21-23-25-26-27-28-29-30-31-33-39-43-47-52-57-62-76(81)93-72(66-87-74(79)60-55-50-45-41-37-35-34-36-40-44-49-53-58-69(4)5)68-91-95(84,85)89-64-70(77)63-88-94(82,83)90-67-71(65-86-73(78)59-54-48-14-11-8-3)92-75(80)61-56-51-46-42-38-32-24-22-20-18-16-13-10-7-2/h69-72,77H,6-68H2,1-5H3,(H,82,83)(H,84,85)/t70-,71+,72+/m0/s1. The third-order valence-corrected chi connectivity index (χ3v) is 19.7. The van der Waals surface area contributed by atoms with E-state index in [1.807, 2.05) is 0 Å². The average molecular weight is 1400 g/mol. The minimum atomic E-state index is -4.95. The van der Waals surface area contributed by atoms with Crippen LogP contribution >= 0.6 is 15.6 Å². The summed E-state index contributed by atoms with van der Waals surface area (Å²) < 4.78 is 68.3. The van der Waals surface area contributed by atoms with Crippen LogP contribution in [-0.2, 0) is 65.4 Å². The molecule has 0 fully saturated rings. The van der Waals surface area contributed by atoms with Crippen molar-refractivity contribution in [1.29, 1.82) is 0 Å². The van der Waals surface area contributed by atoms with Crippen LogP contribution < -0.4 is 0 Å². The number of phosphoric ester groups is 2. The molecule has 0 amide bonds. The fourth-order valence-electron chi connectivity index (χ4n) is 11.7. The molecule has 0 bridgehead atoms. The fraction of sp³-hybridized carbons (Fsp3) is 0.947. The molecule has 0 saturated heterocycles. The summed E-state index contributed by atoms with van der Waals surface area (Å²) >= 11 is 0. The monoisotopic (exact) mass is 1400 g/mol. The van der Waals surface area contributed by atoms with Crippen LogP contribution in [0.5, 0.6) is 0 Å². The Labute approximate surface area is 581 Å². The maximum atomic E-state index is 13.1. The number of unbranched alkanes of at least 4 members (excludes halogenated alkanes) is 48. The molecule has 0 aliphatic carbocycles. The molecule has 95 heavy (non-hydrogen) atoms. The summed E-state index contributed by atoms with van der Waals surface area (Å²) in [6, 6.07) is 0. The predicted octanol–water partition coefficient (Wildman–Crippen LogP) is 22.5. The largest absolute Gasteiger partial charge is 0.472 e. The normalized spacial score (nSPS) is 13.9. The van der Waals surface area contributed by atoms with Gasteiger partial charge in [-0.2, -0.15) is 0 Å². The van der Waals surface area contributed by atoms with Crippen LogP contribution in [0.25, 0.3) is 0 Å². The van der Waals surface area contributed by atoms with E-state index in [4.69, 9.17) is 37.0 Å². The lowest BCUT2D eigenvalue weighted by Gasteiger charge is -2.21. The van der Waals surface area contributed by atoms with Crippen molar-refractivity contribution >= 4 is 39.5 Å². The van der Waals surface area contributed by atoms with E-state index in [1.165, 1.54) is 218 Å². The summed E-state index contributed by atoms with van der Waals surface area (Å²) in [7, 11) is -9.90. The van der Waals surface area contributed by atoms with Gasteiger partial charge >= 0.3 is 39.5 Å². The molecule has 0 aliphatic heterocycles. The summed E-state index contributed by atoms with van der Waals surface area (Å²) in [5.41, 5.74) is 0. The van der Waals surface area contributed by atoms with Gasteiger partial charge in [-0.3, -0.25) is 37.3 Å². The highest BCUT2D eigenvalue weighted by molar-refractivity contribution is 7.47. The zero-order valence-electron chi connectivity index (χ0n) is 61.8. The topological polar surface area (TPSA) is 237 Å². The molecule has 0 heterocycles. The van der Waals surface area contributed by atoms with Gasteiger partial charge in [-0.25, -0.2) is 9.13 Å². The van der Waals surface area contributed by atoms with Crippen molar-refractivity contribution in [3.05, 3.63) is 0 Å². The van der Waals surface area contributed by atoms with Crippen molar-refractivity contribution in [3.8, 4) is 0 Å². The summed E-state index contributed by atoms with van der Waals surface area (Å²) in [5, 5.41) is 10.6. The first-order valence-corrected chi connectivity index (χ1v) is 42.6. The van der Waals surface area contributed by atoms with Crippen molar-refractivity contribution in [3.63, 3.8) is 0 Å². The Balaban J connectivity index is 5.12. The van der Waals surface area contributed by atoms with Crippen molar-refractivity contribution in [1.82, 2.24) is 0 Å². The van der Waals surface area contributed by atoms with E-state index in [0.717, 1.165) is 102 Å². The van der Waals surface area contributed by atoms with E-state index < -0.39 is 97.5 Å². The Bertz CT molecular complexity index is 1820. The molecular weight excluding hydrogens is 1250 g/mol. The molecule has 2 unspecified atom stereocenters. The van der Waals surface area contributed by atoms with Gasteiger partial charge in [-0.15, -0.1) is 0 Å². The van der Waals surface area contributed by atoms with E-state index >= 15 is 0 Å². The first-order chi connectivity index (χ1) is 46.0. The second kappa shape index (κ2) is 69.2. The van der Waals surface area contributed by atoms with Gasteiger partial charge in [0.25, 0.3) is 0 Å². The number of ether oxygens (including phenoxy) is 4. The lowest BCUT2D eigenvalue weighted by molar-refractivity contribution is -0.161. The molecule has 17 nitrogen and oxygen atoms in total. The first-order valence-electron chi connectivity index (χ1n) is 39.6. The van der Waals surface area contributed by atoms with Gasteiger partial charge < -0.3 is 33.8 Å². The molecule has 0 spiro atoms. The van der Waals surface area contributed by atoms with E-state index in [1.54, 1.807) is 0 Å². The summed E-state index contributed by atoms with van der Waals surface area (Å²) in [6.45, 7) is 7.22. The summed E-state index contributed by atoms with van der Waals surface area (Å²) in [4.78, 5) is 72.5. The SMILES string of the molecule is CCCCCCCCCCCCCCCCCCCCCCCC(=O)O[C@H](COC(=O)CCCCCCCCCCCCCCC(C)C)COP(=O)(O)OC[C@@H](O)COP(=O)(O)OC[C@@H](COC(=O)CCCCCCC)OC(=O)CCCCCCCCCCCCCCCC. The van der Waals surface area contributed by atoms with E-state index in [0.29, 0.717) is 25.7 Å². The number of hydrogen-bond acceptors (Lipinski definition) is 15. The van der Waals surface area contributed by atoms with Crippen LogP contribution in [0.2, 0.25) is 0 Å². The molecule has 0 aliphatic rings. The Morgan fingerprint density at radius 3 is 0.716 bits per heavy atom. The minimum absolute atomic E-state index is 0.107. The van der Waals surface area contributed by atoms with E-state index in [-0.39, 0.29) is 25.7 Å². The predicted molar refractivity (Wildman–Crippen MR) is 386 cm³/mol. The number of esters is 4. The van der Waals surface area contributed by atoms with Crippen molar-refractivity contribution in [2.45, 2.75) is 419 Å². The van der Waals surface area contributed by atoms with Crippen molar-refractivity contribution in [2.75, 3.05) is 39.6 Å². The highest BCUT2D eigenvalue weighted by Crippen LogP contribution is 2.45. The second-order valence-electron chi connectivity index (χ2n) is 27.9. The zero-order chi connectivity index (χ0) is 69.8. The number of phosphoric acid groups is 2. The number of carbonyl (C=O) groups is 4. The maximum absolute atomic E-state index is 13.1. The first kappa shape index (κ1) is 93.1. The number of carbonyl (C=O) groups excluding carboxylic acids is 4. The molecule has 564 valence electrons. The van der Waals surface area contributed by atoms with E-state index in [9.17, 15) is 43.2 Å². The Hall–Kier alpha value is -1.94. The van der Waals surface area contributed by atoms with Gasteiger partial charge in [0.05, 0.1) is 26.4 Å². The quantitative estimate of drug-likeness (QED) is 0.0222. The average Bonchev–Trinajstić information content (AvgIpc) is 2.00. The van der Waals surface area contributed by atoms with Gasteiger partial charge in [-0.1, -0.05) is 349 Å². The van der Waals surface area contributed by atoms with Crippen LogP contribution in [-0.4, -0.2) is 96.7 Å². The lowest BCUT2D eigenvalue weighted by Crippen LogP contribution is -2.30. The van der Waals surface area contributed by atoms with Gasteiger partial charge in [0.1, 0.15) is 19.3 Å². The Morgan fingerprint density at radius 2 is 0.484 bits per heavy atom. The summed E-state index contributed by atoms with van der Waals surface area (Å²) in [5.74, 6) is -1.34. The third kappa shape index (κ3) is 70.3. The van der Waals surface area contributed by atoms with Crippen LogP contribution in [0, 0.1) is 5.92 Å². The molecule has 0 rings (SSSR count). The van der Waals surface area contributed by atoms with Crippen LogP contribution in [0.15, 0.2) is 0 Å². The zero-order valence-corrected chi connectivity index (χ0v) is 63.6. The van der Waals surface area contributed by atoms with Crippen LogP contribution in [0.4, 0.5) is 0 Å². The molecule has 5 atom stereocenters. The second-order valence-corrected chi connectivity index (χ2v) is 30.8. The maximum Gasteiger partial charge on any atom is 0.472 e. The molecule has 3 N–H and O–H groups in total. The number of hydrogen-bond donors (Lipinski definition) is 3. The minimum Gasteiger partial charge on any atom is -0.462 e.